The van der Waals surface area contributed by atoms with Gasteiger partial charge in [-0.2, -0.15) is 0 Å². The average Bonchev–Trinajstić information content (AvgIpc) is 1.85. The molecule has 0 radical (unpaired) electrons. The minimum Gasteiger partial charge on any atom is -0.393 e. The molecule has 4 heteroatoms. The van der Waals surface area contributed by atoms with Crippen LogP contribution in [0.4, 0.5) is 0 Å². The fraction of sp³-hybridized carbons (Fsp3) is 0.833. The molecule has 10 heavy (non-hydrogen) atoms. The summed E-state index contributed by atoms with van der Waals surface area (Å²) in [5.74, 6) is 0. The van der Waals surface area contributed by atoms with Crippen LogP contribution in [0.1, 0.15) is 12.8 Å². The van der Waals surface area contributed by atoms with Gasteiger partial charge in [-0.05, 0) is 0 Å². The maximum Gasteiger partial charge on any atom is 0.148 e. The summed E-state index contributed by atoms with van der Waals surface area (Å²) in [6.45, 7) is 0. The first kappa shape index (κ1) is 7.65. The van der Waals surface area contributed by atoms with E-state index in [0.717, 1.165) is 0 Å². The SMILES string of the molecule is NC1CC(O)CC(C=O)O1. The second kappa shape index (κ2) is 3.09. The molecule has 58 valence electrons. The van der Waals surface area contributed by atoms with E-state index in [2.05, 4.69) is 0 Å². The molecule has 0 aromatic carbocycles. The molecule has 0 aromatic heterocycles. The lowest BCUT2D eigenvalue weighted by Crippen LogP contribution is -2.41. The molecular weight excluding hydrogens is 134 g/mol. The fourth-order valence-electron chi connectivity index (χ4n) is 1.06. The lowest BCUT2D eigenvalue weighted by atomic mass is 10.1. The highest BCUT2D eigenvalue weighted by atomic mass is 16.5. The Balaban J connectivity index is 2.42. The van der Waals surface area contributed by atoms with Crippen LogP contribution in [-0.4, -0.2) is 29.8 Å². The van der Waals surface area contributed by atoms with E-state index in [4.69, 9.17) is 15.6 Å². The zero-order valence-corrected chi connectivity index (χ0v) is 5.56. The Labute approximate surface area is 59.0 Å². The molecule has 0 aromatic rings. The van der Waals surface area contributed by atoms with Gasteiger partial charge in [0.2, 0.25) is 0 Å². The smallest absolute Gasteiger partial charge is 0.148 e. The van der Waals surface area contributed by atoms with Crippen LogP contribution in [-0.2, 0) is 9.53 Å². The van der Waals surface area contributed by atoms with Gasteiger partial charge in [-0.1, -0.05) is 0 Å². The molecule has 0 amide bonds. The standard InChI is InChI=1S/C6H11NO3/c7-6-2-4(9)1-5(3-8)10-6/h3-6,9H,1-2,7H2. The van der Waals surface area contributed by atoms with Gasteiger partial charge < -0.3 is 20.4 Å². The zero-order valence-electron chi connectivity index (χ0n) is 5.56. The topological polar surface area (TPSA) is 72.5 Å². The summed E-state index contributed by atoms with van der Waals surface area (Å²) in [6.07, 6.45) is -0.0271. The lowest BCUT2D eigenvalue weighted by molar-refractivity contribution is -0.134. The zero-order chi connectivity index (χ0) is 7.56. The third-order valence-corrected chi connectivity index (χ3v) is 1.51. The van der Waals surface area contributed by atoms with E-state index in [9.17, 15) is 4.79 Å². The number of hydrogen-bond donors (Lipinski definition) is 2. The summed E-state index contributed by atoms with van der Waals surface area (Å²) >= 11 is 0. The molecule has 3 atom stereocenters. The quantitative estimate of drug-likeness (QED) is 0.465. The first-order valence-corrected chi connectivity index (χ1v) is 3.26. The Bertz CT molecular complexity index is 118. The van der Waals surface area contributed by atoms with Crippen LogP contribution in [0.15, 0.2) is 0 Å². The van der Waals surface area contributed by atoms with Gasteiger partial charge >= 0.3 is 0 Å². The molecule has 0 aliphatic carbocycles. The van der Waals surface area contributed by atoms with Gasteiger partial charge in [0.05, 0.1) is 6.10 Å². The number of nitrogens with two attached hydrogens (primary N) is 1. The van der Waals surface area contributed by atoms with E-state index in [-0.39, 0.29) is 0 Å². The largest absolute Gasteiger partial charge is 0.393 e. The summed E-state index contributed by atoms with van der Waals surface area (Å²) in [4.78, 5) is 10.2. The van der Waals surface area contributed by atoms with Crippen LogP contribution in [0.3, 0.4) is 0 Å². The summed E-state index contributed by atoms with van der Waals surface area (Å²) in [5, 5.41) is 9.06. The van der Waals surface area contributed by atoms with Gasteiger partial charge in [0, 0.05) is 12.8 Å². The fourth-order valence-corrected chi connectivity index (χ4v) is 1.06. The maximum atomic E-state index is 10.2. The van der Waals surface area contributed by atoms with Crippen molar-refractivity contribution in [1.82, 2.24) is 0 Å². The number of hydrogen-bond acceptors (Lipinski definition) is 4. The molecular formula is C6H11NO3. The third-order valence-electron chi connectivity index (χ3n) is 1.51. The number of ether oxygens (including phenoxy) is 1. The molecule has 3 unspecified atom stereocenters. The number of aldehydes is 1. The van der Waals surface area contributed by atoms with Crippen molar-refractivity contribution < 1.29 is 14.6 Å². The predicted molar refractivity (Wildman–Crippen MR) is 34.2 cm³/mol. The lowest BCUT2D eigenvalue weighted by Gasteiger charge is -2.27. The molecule has 0 bridgehead atoms. The van der Waals surface area contributed by atoms with Crippen LogP contribution >= 0.6 is 0 Å². The van der Waals surface area contributed by atoms with Gasteiger partial charge in [-0.25, -0.2) is 0 Å². The monoisotopic (exact) mass is 145 g/mol. The summed E-state index contributed by atoms with van der Waals surface area (Å²) in [7, 11) is 0. The molecule has 3 N–H and O–H groups in total. The van der Waals surface area contributed by atoms with Crippen LogP contribution < -0.4 is 5.73 Å². The van der Waals surface area contributed by atoms with Crippen molar-refractivity contribution in [3.05, 3.63) is 0 Å². The number of aliphatic hydroxyl groups is 1. The summed E-state index contributed by atoms with van der Waals surface area (Å²) < 4.78 is 4.96. The van der Waals surface area contributed by atoms with Crippen molar-refractivity contribution >= 4 is 6.29 Å². The Kier molecular flexibility index (Phi) is 2.37. The molecule has 1 aliphatic rings. The Morgan fingerprint density at radius 2 is 2.30 bits per heavy atom. The van der Waals surface area contributed by atoms with Gasteiger partial charge in [-0.3, -0.25) is 0 Å². The predicted octanol–water partition coefficient (Wildman–Crippen LogP) is -0.990. The third kappa shape index (κ3) is 1.76. The van der Waals surface area contributed by atoms with Gasteiger partial charge in [-0.15, -0.1) is 0 Å². The van der Waals surface area contributed by atoms with Crippen molar-refractivity contribution in [1.29, 1.82) is 0 Å². The Morgan fingerprint density at radius 3 is 2.80 bits per heavy atom. The second-order valence-corrected chi connectivity index (χ2v) is 2.47. The van der Waals surface area contributed by atoms with E-state index < -0.39 is 18.4 Å². The van der Waals surface area contributed by atoms with E-state index in [0.29, 0.717) is 19.1 Å². The summed E-state index contributed by atoms with van der Waals surface area (Å²) in [5.41, 5.74) is 5.35. The van der Waals surface area contributed by atoms with Crippen LogP contribution in [0.5, 0.6) is 0 Å². The highest BCUT2D eigenvalue weighted by Gasteiger charge is 2.25. The van der Waals surface area contributed by atoms with Crippen LogP contribution in [0, 0.1) is 0 Å². The molecule has 1 rings (SSSR count). The van der Waals surface area contributed by atoms with E-state index in [1.165, 1.54) is 0 Å². The minimum absolute atomic E-state index is 0.372. The molecule has 4 nitrogen and oxygen atoms in total. The van der Waals surface area contributed by atoms with Gasteiger partial charge in [0.1, 0.15) is 18.6 Å². The Hall–Kier alpha value is -0.450. The van der Waals surface area contributed by atoms with E-state index >= 15 is 0 Å². The molecule has 1 aliphatic heterocycles. The average molecular weight is 145 g/mol. The second-order valence-electron chi connectivity index (χ2n) is 2.47. The van der Waals surface area contributed by atoms with Crippen molar-refractivity contribution in [2.75, 3.05) is 0 Å². The molecule has 1 saturated heterocycles. The normalized spacial score (nSPS) is 41.2. The number of aliphatic hydroxyl groups excluding tert-OH is 1. The first-order chi connectivity index (χ1) is 4.72. The van der Waals surface area contributed by atoms with Crippen LogP contribution in [0.25, 0.3) is 0 Å². The molecule has 0 saturated carbocycles. The van der Waals surface area contributed by atoms with Crippen molar-refractivity contribution in [2.45, 2.75) is 31.3 Å². The first-order valence-electron chi connectivity index (χ1n) is 3.26. The number of rotatable bonds is 1. The molecule has 1 fully saturated rings. The number of carbonyl (C=O) groups excluding carboxylic acids is 1. The number of carbonyl (C=O) groups is 1. The van der Waals surface area contributed by atoms with E-state index in [1.54, 1.807) is 0 Å². The van der Waals surface area contributed by atoms with E-state index in [1.807, 2.05) is 0 Å². The maximum absolute atomic E-state index is 10.2. The molecule has 1 heterocycles. The van der Waals surface area contributed by atoms with Gasteiger partial charge in [0.25, 0.3) is 0 Å². The van der Waals surface area contributed by atoms with Crippen LogP contribution in [0.2, 0.25) is 0 Å². The van der Waals surface area contributed by atoms with Crippen molar-refractivity contribution in [3.63, 3.8) is 0 Å². The Morgan fingerprint density at radius 1 is 1.60 bits per heavy atom. The minimum atomic E-state index is -0.515. The summed E-state index contributed by atoms with van der Waals surface area (Å²) in [6, 6.07) is 0. The highest BCUT2D eigenvalue weighted by Crippen LogP contribution is 2.14. The van der Waals surface area contributed by atoms with Gasteiger partial charge in [0.15, 0.2) is 0 Å². The van der Waals surface area contributed by atoms with Crippen molar-refractivity contribution in [3.8, 4) is 0 Å². The highest BCUT2D eigenvalue weighted by molar-refractivity contribution is 5.56. The van der Waals surface area contributed by atoms with Crippen molar-refractivity contribution in [2.24, 2.45) is 5.73 Å². The molecule has 0 spiro atoms.